The van der Waals surface area contributed by atoms with Crippen molar-refractivity contribution >= 4 is 10.1 Å². The van der Waals surface area contributed by atoms with Crippen LogP contribution in [0.2, 0.25) is 0 Å². The van der Waals surface area contributed by atoms with Gasteiger partial charge < -0.3 is 9.66 Å². The summed E-state index contributed by atoms with van der Waals surface area (Å²) >= 11 is 0. The second-order valence-electron chi connectivity index (χ2n) is 3.36. The molecule has 2 rings (SSSR count). The first-order valence-corrected chi connectivity index (χ1v) is 6.15. The molecular formula is C11H9NO4S. The van der Waals surface area contributed by atoms with Crippen molar-refractivity contribution in [1.29, 1.82) is 0 Å². The minimum Gasteiger partial charge on any atom is -0.744 e. The molecule has 0 atom stereocenters. The molecule has 0 amide bonds. The normalized spacial score (nSPS) is 11.4. The molecule has 5 nitrogen and oxygen atoms in total. The lowest BCUT2D eigenvalue weighted by Crippen LogP contribution is -2.31. The van der Waals surface area contributed by atoms with Crippen LogP contribution in [0.3, 0.4) is 0 Å². The molecule has 0 aliphatic carbocycles. The number of para-hydroxylation sites is 1. The number of hydrogen-bond acceptors (Lipinski definition) is 4. The quantitative estimate of drug-likeness (QED) is 0.625. The van der Waals surface area contributed by atoms with Gasteiger partial charge in [-0.2, -0.15) is 4.57 Å². The van der Waals surface area contributed by atoms with Crippen LogP contribution in [0.4, 0.5) is 0 Å². The second kappa shape index (κ2) is 4.15. The molecule has 88 valence electrons. The number of phenolic OH excluding ortho intramolecular Hbond substituents is 1. The molecule has 1 aromatic carbocycles. The Morgan fingerprint density at radius 3 is 2.29 bits per heavy atom. The number of phenols is 1. The molecule has 0 spiro atoms. The average Bonchev–Trinajstić information content (AvgIpc) is 2.28. The smallest absolute Gasteiger partial charge is 0.270 e. The number of rotatable bonds is 2. The summed E-state index contributed by atoms with van der Waals surface area (Å²) in [4.78, 5) is -0.450. The highest BCUT2D eigenvalue weighted by molar-refractivity contribution is 7.85. The number of nitrogens with zero attached hydrogens (tertiary/aromatic N) is 1. The largest absolute Gasteiger partial charge is 0.744 e. The van der Waals surface area contributed by atoms with Crippen molar-refractivity contribution in [1.82, 2.24) is 0 Å². The van der Waals surface area contributed by atoms with Gasteiger partial charge in [0, 0.05) is 12.1 Å². The van der Waals surface area contributed by atoms with Gasteiger partial charge in [0.1, 0.15) is 15.0 Å². The monoisotopic (exact) mass is 251 g/mol. The van der Waals surface area contributed by atoms with Crippen LogP contribution in [-0.4, -0.2) is 18.1 Å². The van der Waals surface area contributed by atoms with Gasteiger partial charge in [0.2, 0.25) is 0 Å². The van der Waals surface area contributed by atoms with Gasteiger partial charge in [-0.1, -0.05) is 12.1 Å². The molecule has 0 aliphatic heterocycles. The highest BCUT2D eigenvalue weighted by Gasteiger charge is 2.21. The Morgan fingerprint density at radius 2 is 1.71 bits per heavy atom. The van der Waals surface area contributed by atoms with Gasteiger partial charge in [0.15, 0.2) is 18.1 Å². The van der Waals surface area contributed by atoms with E-state index in [1.54, 1.807) is 30.6 Å². The first kappa shape index (κ1) is 11.6. The van der Waals surface area contributed by atoms with Crippen LogP contribution in [-0.2, 0) is 10.1 Å². The third-order valence-corrected chi connectivity index (χ3v) is 3.09. The Morgan fingerprint density at radius 1 is 1.06 bits per heavy atom. The lowest BCUT2D eigenvalue weighted by Gasteiger charge is -2.09. The van der Waals surface area contributed by atoms with Crippen LogP contribution in [0, 0.1) is 0 Å². The topological polar surface area (TPSA) is 81.3 Å². The second-order valence-corrected chi connectivity index (χ2v) is 4.71. The molecule has 0 saturated carbocycles. The van der Waals surface area contributed by atoms with Gasteiger partial charge in [0.25, 0.3) is 5.69 Å². The SMILES string of the molecule is O=S(=O)([O-])c1cccc(O)c1-[n+]1ccccc1. The highest BCUT2D eigenvalue weighted by atomic mass is 32.2. The van der Waals surface area contributed by atoms with Crippen LogP contribution in [0.5, 0.6) is 5.75 Å². The van der Waals surface area contributed by atoms with Crippen LogP contribution in [0.25, 0.3) is 5.69 Å². The molecule has 6 heteroatoms. The van der Waals surface area contributed by atoms with E-state index in [-0.39, 0.29) is 11.4 Å². The van der Waals surface area contributed by atoms with E-state index in [9.17, 15) is 18.1 Å². The van der Waals surface area contributed by atoms with E-state index in [4.69, 9.17) is 0 Å². The Balaban J connectivity index is 2.78. The lowest BCUT2D eigenvalue weighted by molar-refractivity contribution is -0.598. The summed E-state index contributed by atoms with van der Waals surface area (Å²) in [7, 11) is -4.63. The Bertz CT molecular complexity index is 638. The van der Waals surface area contributed by atoms with E-state index >= 15 is 0 Å². The van der Waals surface area contributed by atoms with Crippen molar-refractivity contribution in [3.8, 4) is 11.4 Å². The summed E-state index contributed by atoms with van der Waals surface area (Å²) in [6.45, 7) is 0. The summed E-state index contributed by atoms with van der Waals surface area (Å²) in [5, 5.41) is 9.68. The van der Waals surface area contributed by atoms with Crippen molar-refractivity contribution in [2.45, 2.75) is 4.90 Å². The fourth-order valence-corrected chi connectivity index (χ4v) is 2.21. The zero-order chi connectivity index (χ0) is 12.5. The van der Waals surface area contributed by atoms with Gasteiger partial charge >= 0.3 is 0 Å². The third kappa shape index (κ3) is 2.27. The van der Waals surface area contributed by atoms with Crippen molar-refractivity contribution in [2.24, 2.45) is 0 Å². The van der Waals surface area contributed by atoms with Crippen molar-refractivity contribution in [2.75, 3.05) is 0 Å². The Labute approximate surface area is 98.3 Å². The fourth-order valence-electron chi connectivity index (χ4n) is 1.52. The van der Waals surface area contributed by atoms with Crippen molar-refractivity contribution < 1.29 is 22.6 Å². The van der Waals surface area contributed by atoms with Gasteiger partial charge in [-0.25, -0.2) is 8.42 Å². The summed E-state index contributed by atoms with van der Waals surface area (Å²) in [5.41, 5.74) is -0.0388. The van der Waals surface area contributed by atoms with Crippen LogP contribution in [0.15, 0.2) is 53.7 Å². The van der Waals surface area contributed by atoms with Gasteiger partial charge in [-0.05, 0) is 12.1 Å². The number of pyridine rings is 1. The van der Waals surface area contributed by atoms with Crippen molar-refractivity contribution in [3.05, 3.63) is 48.8 Å². The van der Waals surface area contributed by atoms with Gasteiger partial charge in [-0.15, -0.1) is 0 Å². The zero-order valence-electron chi connectivity index (χ0n) is 8.65. The number of hydrogen-bond donors (Lipinski definition) is 1. The maximum atomic E-state index is 11.1. The average molecular weight is 251 g/mol. The Hall–Kier alpha value is -1.92. The summed E-state index contributed by atoms with van der Waals surface area (Å²) < 4.78 is 34.7. The predicted octanol–water partition coefficient (Wildman–Crippen LogP) is 0.573. The molecule has 1 aromatic heterocycles. The molecule has 0 bridgehead atoms. The molecule has 0 saturated heterocycles. The van der Waals surface area contributed by atoms with E-state index in [1.165, 1.54) is 16.7 Å². The predicted molar refractivity (Wildman–Crippen MR) is 57.6 cm³/mol. The summed E-state index contributed by atoms with van der Waals surface area (Å²) in [6.07, 6.45) is 3.09. The van der Waals surface area contributed by atoms with E-state index in [2.05, 4.69) is 0 Å². The van der Waals surface area contributed by atoms with Gasteiger partial charge in [0.05, 0.1) is 0 Å². The van der Waals surface area contributed by atoms with E-state index in [1.807, 2.05) is 0 Å². The molecule has 0 unspecified atom stereocenters. The van der Waals surface area contributed by atoms with E-state index in [0.29, 0.717) is 0 Å². The number of benzene rings is 1. The first-order chi connectivity index (χ1) is 8.00. The molecule has 1 N–H and O–H groups in total. The number of aromatic nitrogens is 1. The summed E-state index contributed by atoms with van der Waals surface area (Å²) in [6, 6.07) is 8.86. The standard InChI is InChI=1S/C11H9NO4S/c13-9-5-4-6-10(17(14,15)16)11(9)12-7-2-1-3-8-12/h1-8H,(H-,13,14,15,16). The maximum absolute atomic E-state index is 11.1. The fraction of sp³-hybridized carbons (Fsp3) is 0. The molecule has 0 fully saturated rings. The molecular weight excluding hydrogens is 242 g/mol. The van der Waals surface area contributed by atoms with Gasteiger partial charge in [-0.3, -0.25) is 0 Å². The highest BCUT2D eigenvalue weighted by Crippen LogP contribution is 2.24. The van der Waals surface area contributed by atoms with Crippen LogP contribution >= 0.6 is 0 Å². The zero-order valence-corrected chi connectivity index (χ0v) is 9.46. The first-order valence-electron chi connectivity index (χ1n) is 4.75. The lowest BCUT2D eigenvalue weighted by atomic mass is 10.3. The molecule has 1 heterocycles. The third-order valence-electron chi connectivity index (χ3n) is 2.22. The van der Waals surface area contributed by atoms with Crippen LogP contribution in [0.1, 0.15) is 0 Å². The molecule has 17 heavy (non-hydrogen) atoms. The molecule has 2 aromatic rings. The van der Waals surface area contributed by atoms with E-state index < -0.39 is 15.0 Å². The molecule has 0 radical (unpaired) electrons. The minimum atomic E-state index is -4.63. The molecule has 0 aliphatic rings. The van der Waals surface area contributed by atoms with Crippen LogP contribution < -0.4 is 4.57 Å². The maximum Gasteiger partial charge on any atom is 0.270 e. The van der Waals surface area contributed by atoms with Crippen molar-refractivity contribution in [3.63, 3.8) is 0 Å². The van der Waals surface area contributed by atoms with E-state index in [0.717, 1.165) is 6.07 Å². The summed E-state index contributed by atoms with van der Waals surface area (Å²) in [5.74, 6) is -0.266. The minimum absolute atomic E-state index is 0.0388. The number of aromatic hydroxyl groups is 1. The Kier molecular flexibility index (Phi) is 2.83.